The molecule has 0 aliphatic heterocycles. The highest BCUT2D eigenvalue weighted by molar-refractivity contribution is 5.94. The fourth-order valence-corrected chi connectivity index (χ4v) is 2.92. The fraction of sp³-hybridized carbons (Fsp3) is 0.529. The predicted molar refractivity (Wildman–Crippen MR) is 86.8 cm³/mol. The van der Waals surface area contributed by atoms with E-state index in [0.717, 1.165) is 24.8 Å². The van der Waals surface area contributed by atoms with Crippen molar-refractivity contribution in [3.8, 4) is 0 Å². The van der Waals surface area contributed by atoms with Gasteiger partial charge in [0.1, 0.15) is 0 Å². The Hall–Kier alpha value is -1.88. The minimum atomic E-state index is -0.870. The third kappa shape index (κ3) is 4.56. The zero-order chi connectivity index (χ0) is 16.2. The summed E-state index contributed by atoms with van der Waals surface area (Å²) < 4.78 is 0. The van der Waals surface area contributed by atoms with E-state index in [1.54, 1.807) is 12.1 Å². The first-order valence-electron chi connectivity index (χ1n) is 7.78. The number of rotatable bonds is 4. The van der Waals surface area contributed by atoms with Crippen LogP contribution in [0.2, 0.25) is 0 Å². The largest absolute Gasteiger partial charge is 0.389 e. The van der Waals surface area contributed by atoms with Gasteiger partial charge in [0, 0.05) is 18.3 Å². The number of aliphatic hydroxyl groups is 1. The van der Waals surface area contributed by atoms with Crippen LogP contribution < -0.4 is 10.6 Å². The van der Waals surface area contributed by atoms with Gasteiger partial charge in [-0.1, -0.05) is 25.3 Å². The Kier molecular flexibility index (Phi) is 5.19. The molecule has 120 valence electrons. The van der Waals surface area contributed by atoms with Crippen LogP contribution in [0, 0.1) is 6.92 Å². The van der Waals surface area contributed by atoms with E-state index in [1.807, 2.05) is 13.0 Å². The number of benzene rings is 1. The van der Waals surface area contributed by atoms with E-state index in [2.05, 4.69) is 10.6 Å². The van der Waals surface area contributed by atoms with Crippen LogP contribution in [0.4, 0.5) is 11.4 Å². The monoisotopic (exact) mass is 304 g/mol. The number of hydrogen-bond acceptors (Lipinski definition) is 3. The molecule has 1 aromatic rings. The van der Waals surface area contributed by atoms with Crippen molar-refractivity contribution in [1.82, 2.24) is 0 Å². The second kappa shape index (κ2) is 6.92. The van der Waals surface area contributed by atoms with Crippen LogP contribution in [0.3, 0.4) is 0 Å². The van der Waals surface area contributed by atoms with Crippen LogP contribution in [0.25, 0.3) is 0 Å². The number of carbonyl (C=O) groups is 2. The second-order valence-electron chi connectivity index (χ2n) is 6.22. The molecule has 0 unspecified atom stereocenters. The molecular weight excluding hydrogens is 280 g/mol. The number of hydrogen-bond donors (Lipinski definition) is 3. The standard InChI is InChI=1S/C17H24N2O3/c1-12-6-7-14(18-13(2)20)10-15(12)19-16(21)11-17(22)8-4-3-5-9-17/h6-7,10,22H,3-5,8-9,11H2,1-2H3,(H,18,20)(H,19,21). The summed E-state index contributed by atoms with van der Waals surface area (Å²) in [5, 5.41) is 16.0. The van der Waals surface area contributed by atoms with Gasteiger partial charge in [-0.15, -0.1) is 0 Å². The summed E-state index contributed by atoms with van der Waals surface area (Å²) in [6.07, 6.45) is 4.57. The molecule has 0 aromatic heterocycles. The van der Waals surface area contributed by atoms with Crippen molar-refractivity contribution in [2.45, 2.75) is 58.0 Å². The Morgan fingerprint density at radius 1 is 1.18 bits per heavy atom. The highest BCUT2D eigenvalue weighted by Crippen LogP contribution is 2.31. The maximum atomic E-state index is 12.2. The third-order valence-electron chi connectivity index (χ3n) is 4.11. The Labute approximate surface area is 131 Å². The normalized spacial score (nSPS) is 16.9. The molecule has 0 radical (unpaired) electrons. The van der Waals surface area contributed by atoms with Crippen molar-refractivity contribution in [3.05, 3.63) is 23.8 Å². The van der Waals surface area contributed by atoms with Gasteiger partial charge in [-0.2, -0.15) is 0 Å². The lowest BCUT2D eigenvalue weighted by Gasteiger charge is -2.31. The molecule has 2 rings (SSSR count). The van der Waals surface area contributed by atoms with E-state index in [9.17, 15) is 14.7 Å². The van der Waals surface area contributed by atoms with E-state index in [0.29, 0.717) is 24.2 Å². The van der Waals surface area contributed by atoms with E-state index in [4.69, 9.17) is 0 Å². The van der Waals surface area contributed by atoms with Gasteiger partial charge in [0.05, 0.1) is 12.0 Å². The molecule has 1 aliphatic carbocycles. The van der Waals surface area contributed by atoms with Crippen molar-refractivity contribution in [2.75, 3.05) is 10.6 Å². The minimum absolute atomic E-state index is 0.122. The number of anilines is 2. The zero-order valence-corrected chi connectivity index (χ0v) is 13.2. The lowest BCUT2D eigenvalue weighted by molar-refractivity contribution is -0.122. The number of aryl methyl sites for hydroxylation is 1. The fourth-order valence-electron chi connectivity index (χ4n) is 2.92. The zero-order valence-electron chi connectivity index (χ0n) is 13.2. The topological polar surface area (TPSA) is 78.4 Å². The number of amides is 2. The smallest absolute Gasteiger partial charge is 0.227 e. The van der Waals surface area contributed by atoms with E-state index in [-0.39, 0.29) is 18.2 Å². The van der Waals surface area contributed by atoms with Crippen LogP contribution in [-0.4, -0.2) is 22.5 Å². The lowest BCUT2D eigenvalue weighted by atomic mass is 9.82. The third-order valence-corrected chi connectivity index (χ3v) is 4.11. The average molecular weight is 304 g/mol. The van der Waals surface area contributed by atoms with Crippen LogP contribution in [0.5, 0.6) is 0 Å². The van der Waals surface area contributed by atoms with Crippen molar-refractivity contribution in [2.24, 2.45) is 0 Å². The molecular formula is C17H24N2O3. The van der Waals surface area contributed by atoms with Gasteiger partial charge in [-0.05, 0) is 37.5 Å². The highest BCUT2D eigenvalue weighted by Gasteiger charge is 2.31. The van der Waals surface area contributed by atoms with Crippen LogP contribution >= 0.6 is 0 Å². The van der Waals surface area contributed by atoms with Gasteiger partial charge >= 0.3 is 0 Å². The van der Waals surface area contributed by atoms with Gasteiger partial charge in [0.25, 0.3) is 0 Å². The molecule has 0 heterocycles. The van der Waals surface area contributed by atoms with Crippen molar-refractivity contribution in [1.29, 1.82) is 0 Å². The maximum Gasteiger partial charge on any atom is 0.227 e. The average Bonchev–Trinajstić information content (AvgIpc) is 2.42. The second-order valence-corrected chi connectivity index (χ2v) is 6.22. The number of carbonyl (C=O) groups excluding carboxylic acids is 2. The van der Waals surface area contributed by atoms with E-state index in [1.165, 1.54) is 6.92 Å². The molecule has 5 heteroatoms. The molecule has 22 heavy (non-hydrogen) atoms. The van der Waals surface area contributed by atoms with Crippen molar-refractivity contribution < 1.29 is 14.7 Å². The summed E-state index contributed by atoms with van der Waals surface area (Å²) in [7, 11) is 0. The lowest BCUT2D eigenvalue weighted by Crippen LogP contribution is -2.36. The Morgan fingerprint density at radius 2 is 1.86 bits per heavy atom. The van der Waals surface area contributed by atoms with Gasteiger partial charge in [-0.3, -0.25) is 9.59 Å². The first-order valence-corrected chi connectivity index (χ1v) is 7.78. The van der Waals surface area contributed by atoms with E-state index < -0.39 is 5.60 Å². The molecule has 3 N–H and O–H groups in total. The van der Waals surface area contributed by atoms with Crippen LogP contribution in [0.1, 0.15) is 51.0 Å². The summed E-state index contributed by atoms with van der Waals surface area (Å²) in [6.45, 7) is 3.33. The van der Waals surface area contributed by atoms with Gasteiger partial charge < -0.3 is 15.7 Å². The maximum absolute atomic E-state index is 12.2. The molecule has 0 saturated heterocycles. The predicted octanol–water partition coefficient (Wildman–Crippen LogP) is 2.98. The van der Waals surface area contributed by atoms with Crippen LogP contribution in [0.15, 0.2) is 18.2 Å². The molecule has 1 saturated carbocycles. The molecule has 1 aliphatic rings. The quantitative estimate of drug-likeness (QED) is 0.800. The minimum Gasteiger partial charge on any atom is -0.389 e. The Bertz CT molecular complexity index is 563. The van der Waals surface area contributed by atoms with Crippen LogP contribution in [-0.2, 0) is 9.59 Å². The summed E-state index contributed by atoms with van der Waals surface area (Å²) >= 11 is 0. The van der Waals surface area contributed by atoms with Crippen molar-refractivity contribution >= 4 is 23.2 Å². The molecule has 0 bridgehead atoms. The Balaban J connectivity index is 2.02. The molecule has 2 amide bonds. The SMILES string of the molecule is CC(=O)Nc1ccc(C)c(NC(=O)CC2(O)CCCCC2)c1. The molecule has 0 spiro atoms. The first kappa shape index (κ1) is 16.5. The van der Waals surface area contributed by atoms with Gasteiger partial charge in [0.2, 0.25) is 11.8 Å². The summed E-state index contributed by atoms with van der Waals surface area (Å²) in [5.74, 6) is -0.342. The Morgan fingerprint density at radius 3 is 2.50 bits per heavy atom. The first-order chi connectivity index (χ1) is 10.4. The molecule has 1 fully saturated rings. The summed E-state index contributed by atoms with van der Waals surface area (Å²) in [5.41, 5.74) is 1.35. The molecule has 1 aromatic carbocycles. The van der Waals surface area contributed by atoms with Gasteiger partial charge in [0.15, 0.2) is 0 Å². The summed E-state index contributed by atoms with van der Waals surface area (Å²) in [4.78, 5) is 23.3. The van der Waals surface area contributed by atoms with Crippen molar-refractivity contribution in [3.63, 3.8) is 0 Å². The highest BCUT2D eigenvalue weighted by atomic mass is 16.3. The van der Waals surface area contributed by atoms with E-state index >= 15 is 0 Å². The van der Waals surface area contributed by atoms with Gasteiger partial charge in [-0.25, -0.2) is 0 Å². The molecule has 5 nitrogen and oxygen atoms in total. The summed E-state index contributed by atoms with van der Waals surface area (Å²) in [6, 6.07) is 5.37. The number of nitrogens with one attached hydrogen (secondary N) is 2. The molecule has 0 atom stereocenters.